The van der Waals surface area contributed by atoms with Gasteiger partial charge in [-0.3, -0.25) is 9.69 Å². The number of halogens is 2. The highest BCUT2D eigenvalue weighted by atomic mass is 35.5. The molecule has 2 saturated heterocycles. The molecule has 1 unspecified atom stereocenters. The maximum Gasteiger partial charge on any atom is 0.414 e. The fraction of sp³-hybridized carbons (Fsp3) is 0.529. The lowest BCUT2D eigenvalue weighted by Gasteiger charge is -2.23. The number of amides is 2. The summed E-state index contributed by atoms with van der Waals surface area (Å²) in [6.45, 7) is 3.49. The second kappa shape index (κ2) is 6.92. The molecular formula is C17H22ClFN4O3. The van der Waals surface area contributed by atoms with Crippen molar-refractivity contribution in [3.63, 3.8) is 0 Å². The molecular weight excluding hydrogens is 363 g/mol. The first-order chi connectivity index (χ1) is 11.9. The van der Waals surface area contributed by atoms with Gasteiger partial charge in [-0.25, -0.2) is 9.18 Å². The van der Waals surface area contributed by atoms with Crippen LogP contribution in [0.1, 0.15) is 6.92 Å². The third kappa shape index (κ3) is 3.31. The minimum Gasteiger partial charge on any atom is -0.442 e. The number of nitrogens with zero attached hydrogens (tertiary/aromatic N) is 2. The van der Waals surface area contributed by atoms with Gasteiger partial charge in [0.25, 0.3) is 0 Å². The van der Waals surface area contributed by atoms with Crippen molar-refractivity contribution in [2.24, 2.45) is 17.6 Å². The van der Waals surface area contributed by atoms with Gasteiger partial charge in [0.15, 0.2) is 0 Å². The Kier molecular flexibility index (Phi) is 4.98. The number of piperidine rings is 1. The van der Waals surface area contributed by atoms with Crippen LogP contribution in [0.2, 0.25) is 0 Å². The predicted octanol–water partition coefficient (Wildman–Crippen LogP) is 1.10. The molecule has 4 atom stereocenters. The number of nitrogens with one attached hydrogen (secondary N) is 1. The van der Waals surface area contributed by atoms with Crippen LogP contribution in [0.4, 0.5) is 20.6 Å². The van der Waals surface area contributed by atoms with Crippen LogP contribution >= 0.6 is 12.4 Å². The summed E-state index contributed by atoms with van der Waals surface area (Å²) in [5.41, 5.74) is 6.93. The van der Waals surface area contributed by atoms with E-state index in [1.54, 1.807) is 12.1 Å². The van der Waals surface area contributed by atoms with E-state index in [1.165, 1.54) is 17.9 Å². The van der Waals surface area contributed by atoms with Crippen LogP contribution in [0, 0.1) is 17.7 Å². The topological polar surface area (TPSA) is 87.9 Å². The number of carbonyl (C=O) groups is 2. The van der Waals surface area contributed by atoms with Crippen LogP contribution in [0.5, 0.6) is 0 Å². The number of carbonyl (C=O) groups excluding carboxylic acids is 2. The Balaban J connectivity index is 0.00000196. The summed E-state index contributed by atoms with van der Waals surface area (Å²) in [6.07, 6.45) is -0.970. The van der Waals surface area contributed by atoms with E-state index in [1.807, 2.05) is 4.90 Å². The second-order valence-corrected chi connectivity index (χ2v) is 7.00. The third-order valence-corrected chi connectivity index (χ3v) is 5.30. The molecule has 3 fully saturated rings. The molecule has 1 saturated carbocycles. The highest BCUT2D eigenvalue weighted by molar-refractivity contribution is 5.90. The highest BCUT2D eigenvalue weighted by Gasteiger charge is 2.53. The average Bonchev–Trinajstić information content (AvgIpc) is 2.95. The number of rotatable bonds is 4. The van der Waals surface area contributed by atoms with Gasteiger partial charge < -0.3 is 20.7 Å². The molecule has 26 heavy (non-hydrogen) atoms. The van der Waals surface area contributed by atoms with Gasteiger partial charge in [-0.15, -0.1) is 12.4 Å². The number of ether oxygens (including phenoxy) is 1. The molecule has 1 aliphatic carbocycles. The molecule has 2 aliphatic heterocycles. The molecule has 3 N–H and O–H groups in total. The summed E-state index contributed by atoms with van der Waals surface area (Å²) in [5, 5.41) is 2.62. The van der Waals surface area contributed by atoms with Gasteiger partial charge in [0.2, 0.25) is 5.91 Å². The maximum absolute atomic E-state index is 14.6. The number of hydrogen-bond acceptors (Lipinski definition) is 5. The molecule has 9 heteroatoms. The maximum atomic E-state index is 14.6. The number of fused-ring (bicyclic) bond motifs is 1. The summed E-state index contributed by atoms with van der Waals surface area (Å²) < 4.78 is 19.8. The zero-order chi connectivity index (χ0) is 17.7. The monoisotopic (exact) mass is 384 g/mol. The third-order valence-electron chi connectivity index (χ3n) is 5.30. The van der Waals surface area contributed by atoms with Crippen molar-refractivity contribution in [1.82, 2.24) is 5.32 Å². The van der Waals surface area contributed by atoms with E-state index in [0.717, 1.165) is 13.1 Å². The molecule has 4 rings (SSSR count). The Hall–Kier alpha value is -2.06. The Morgan fingerprint density at radius 3 is 2.65 bits per heavy atom. The van der Waals surface area contributed by atoms with E-state index >= 15 is 0 Å². The second-order valence-electron chi connectivity index (χ2n) is 7.00. The van der Waals surface area contributed by atoms with E-state index in [9.17, 15) is 14.0 Å². The predicted molar refractivity (Wildman–Crippen MR) is 97.1 cm³/mol. The molecule has 1 aromatic rings. The van der Waals surface area contributed by atoms with Gasteiger partial charge >= 0.3 is 6.09 Å². The lowest BCUT2D eigenvalue weighted by molar-refractivity contribution is -0.119. The number of hydrogen-bond donors (Lipinski definition) is 2. The van der Waals surface area contributed by atoms with Gasteiger partial charge in [0.1, 0.15) is 11.9 Å². The Morgan fingerprint density at radius 2 is 2.04 bits per heavy atom. The molecule has 142 valence electrons. The summed E-state index contributed by atoms with van der Waals surface area (Å²) in [5.74, 6) is 0.406. The quantitative estimate of drug-likeness (QED) is 0.811. The molecule has 3 aliphatic rings. The van der Waals surface area contributed by atoms with Gasteiger partial charge in [-0.2, -0.15) is 0 Å². The van der Waals surface area contributed by atoms with E-state index in [-0.39, 0.29) is 43.3 Å². The zero-order valence-corrected chi connectivity index (χ0v) is 15.2. The van der Waals surface area contributed by atoms with Gasteiger partial charge in [-0.05, 0) is 30.0 Å². The van der Waals surface area contributed by atoms with E-state index in [4.69, 9.17) is 10.5 Å². The number of benzene rings is 1. The standard InChI is InChI=1S/C17H21FN4O3.ClH/c1-9(23)20-5-11-6-22(17(24)25-11)10-2-3-15(14(18)4-10)21-7-12-13(8-21)16(12)19;/h2-4,11-13,16H,5-8,19H2,1H3,(H,20,23);1H/t11-,12-,13+,16?;/m0./s1. The fourth-order valence-corrected chi connectivity index (χ4v) is 3.79. The number of nitrogens with two attached hydrogens (primary N) is 1. The van der Waals surface area contributed by atoms with Gasteiger partial charge in [0.05, 0.1) is 24.5 Å². The van der Waals surface area contributed by atoms with Crippen LogP contribution in [-0.2, 0) is 9.53 Å². The molecule has 0 radical (unpaired) electrons. The van der Waals surface area contributed by atoms with Crippen LogP contribution in [0.25, 0.3) is 0 Å². The molecule has 1 aromatic carbocycles. The SMILES string of the molecule is CC(=O)NC[C@H]1CN(c2ccc(N3C[C@@H]4C(N)[C@@H]4C3)c(F)c2)C(=O)O1.Cl. The molecule has 7 nitrogen and oxygen atoms in total. The van der Waals surface area contributed by atoms with Crippen LogP contribution in [0.15, 0.2) is 18.2 Å². The molecule has 0 aromatic heterocycles. The summed E-state index contributed by atoms with van der Waals surface area (Å²) in [4.78, 5) is 26.4. The number of anilines is 2. The molecule has 2 heterocycles. The van der Waals surface area contributed by atoms with E-state index in [0.29, 0.717) is 23.2 Å². The van der Waals surface area contributed by atoms with Crippen LogP contribution in [-0.4, -0.2) is 50.3 Å². The summed E-state index contributed by atoms with van der Waals surface area (Å²) in [7, 11) is 0. The average molecular weight is 385 g/mol. The first-order valence-electron chi connectivity index (χ1n) is 8.46. The minimum absolute atomic E-state index is 0. The van der Waals surface area contributed by atoms with Crippen molar-refractivity contribution in [1.29, 1.82) is 0 Å². The first kappa shape index (κ1) is 18.7. The van der Waals surface area contributed by atoms with E-state index < -0.39 is 12.2 Å². The van der Waals surface area contributed by atoms with Crippen molar-refractivity contribution in [3.8, 4) is 0 Å². The normalized spacial score (nSPS) is 29.1. The van der Waals surface area contributed by atoms with E-state index in [2.05, 4.69) is 5.32 Å². The Labute approximate surface area is 157 Å². The summed E-state index contributed by atoms with van der Waals surface area (Å²) in [6, 6.07) is 5.06. The molecule has 0 spiro atoms. The fourth-order valence-electron chi connectivity index (χ4n) is 3.79. The van der Waals surface area contributed by atoms with Gasteiger partial charge in [0, 0.05) is 26.1 Å². The lowest BCUT2D eigenvalue weighted by Crippen LogP contribution is -2.33. The van der Waals surface area contributed by atoms with Crippen molar-refractivity contribution >= 4 is 35.8 Å². The Bertz CT molecular complexity index is 722. The zero-order valence-electron chi connectivity index (χ0n) is 14.4. The minimum atomic E-state index is -0.532. The van der Waals surface area contributed by atoms with Crippen LogP contribution in [0.3, 0.4) is 0 Å². The lowest BCUT2D eigenvalue weighted by atomic mass is 10.2. The number of cyclic esters (lactones) is 1. The Morgan fingerprint density at radius 1 is 1.35 bits per heavy atom. The first-order valence-corrected chi connectivity index (χ1v) is 8.46. The van der Waals surface area contributed by atoms with Crippen molar-refractivity contribution in [2.75, 3.05) is 36.0 Å². The summed E-state index contributed by atoms with van der Waals surface area (Å²) >= 11 is 0. The van der Waals surface area contributed by atoms with Gasteiger partial charge in [-0.1, -0.05) is 0 Å². The van der Waals surface area contributed by atoms with Crippen molar-refractivity contribution in [2.45, 2.75) is 19.1 Å². The van der Waals surface area contributed by atoms with Crippen molar-refractivity contribution < 1.29 is 18.7 Å². The van der Waals surface area contributed by atoms with Crippen molar-refractivity contribution in [3.05, 3.63) is 24.0 Å². The van der Waals surface area contributed by atoms with Crippen LogP contribution < -0.4 is 20.9 Å². The largest absolute Gasteiger partial charge is 0.442 e. The molecule has 2 amide bonds. The smallest absolute Gasteiger partial charge is 0.414 e. The highest BCUT2D eigenvalue weighted by Crippen LogP contribution is 2.45. The molecule has 0 bridgehead atoms.